The van der Waals surface area contributed by atoms with E-state index in [-0.39, 0.29) is 16.4 Å². The number of aliphatic hydroxyl groups is 1. The van der Waals surface area contributed by atoms with Gasteiger partial charge in [0, 0.05) is 11.9 Å². The van der Waals surface area contributed by atoms with Gasteiger partial charge in [-0.25, -0.2) is 13.2 Å². The van der Waals surface area contributed by atoms with Gasteiger partial charge in [0.25, 0.3) is 10.0 Å². The molecule has 0 aliphatic heterocycles. The van der Waals surface area contributed by atoms with E-state index in [1.807, 2.05) is 0 Å². The van der Waals surface area contributed by atoms with Crippen molar-refractivity contribution < 1.29 is 23.4 Å². The molecule has 2 aromatic rings. The van der Waals surface area contributed by atoms with Gasteiger partial charge in [0.1, 0.15) is 9.77 Å². The highest BCUT2D eigenvalue weighted by Gasteiger charge is 2.26. The van der Waals surface area contributed by atoms with Crippen LogP contribution in [0.5, 0.6) is 0 Å². The molecule has 0 aliphatic rings. The Bertz CT molecular complexity index is 810. The van der Waals surface area contributed by atoms with Gasteiger partial charge in [-0.05, 0) is 30.7 Å². The van der Waals surface area contributed by atoms with Crippen molar-refractivity contribution in [3.63, 3.8) is 0 Å². The minimum Gasteiger partial charge on any atom is -0.477 e. The van der Waals surface area contributed by atoms with Crippen LogP contribution in [-0.2, 0) is 16.6 Å². The van der Waals surface area contributed by atoms with Crippen LogP contribution in [0.25, 0.3) is 0 Å². The van der Waals surface area contributed by atoms with Crippen molar-refractivity contribution in [3.8, 4) is 0 Å². The van der Waals surface area contributed by atoms with Crippen molar-refractivity contribution in [2.24, 2.45) is 0 Å². The molecule has 0 bridgehead atoms. The van der Waals surface area contributed by atoms with Crippen LogP contribution < -0.4 is 4.31 Å². The van der Waals surface area contributed by atoms with E-state index in [2.05, 4.69) is 0 Å². The third kappa shape index (κ3) is 2.99. The molecule has 22 heavy (non-hydrogen) atoms. The number of aryl methyl sites for hydroxylation is 1. The standard InChI is InChI=1S/C14H15NO5S2/c1-9-13(7-12(21-9)14(17)18)22(19,20)15(2)11-5-3-4-10(6-11)8-16/h3-7,16H,8H2,1-2H3,(H,17,18). The summed E-state index contributed by atoms with van der Waals surface area (Å²) in [5.74, 6) is -1.15. The Morgan fingerprint density at radius 3 is 2.55 bits per heavy atom. The van der Waals surface area contributed by atoms with E-state index in [0.29, 0.717) is 16.1 Å². The van der Waals surface area contributed by atoms with E-state index in [1.165, 1.54) is 13.1 Å². The van der Waals surface area contributed by atoms with Crippen molar-refractivity contribution in [2.45, 2.75) is 18.4 Å². The lowest BCUT2D eigenvalue weighted by atomic mass is 10.2. The number of rotatable bonds is 5. The zero-order valence-electron chi connectivity index (χ0n) is 12.0. The molecule has 0 radical (unpaired) electrons. The quantitative estimate of drug-likeness (QED) is 0.868. The molecule has 0 unspecified atom stereocenters. The maximum Gasteiger partial charge on any atom is 0.345 e. The predicted molar refractivity (Wildman–Crippen MR) is 84.0 cm³/mol. The Hall–Kier alpha value is -1.90. The number of carboxylic acid groups (broad SMARTS) is 1. The first-order chi connectivity index (χ1) is 10.3. The van der Waals surface area contributed by atoms with E-state index in [4.69, 9.17) is 10.2 Å². The first-order valence-corrected chi connectivity index (χ1v) is 8.55. The molecule has 118 valence electrons. The largest absolute Gasteiger partial charge is 0.477 e. The smallest absolute Gasteiger partial charge is 0.345 e. The van der Waals surface area contributed by atoms with Gasteiger partial charge in [0.05, 0.1) is 12.3 Å². The third-order valence-corrected chi connectivity index (χ3v) is 6.26. The molecular formula is C14H15NO5S2. The number of thiophene rings is 1. The van der Waals surface area contributed by atoms with Crippen LogP contribution in [0.3, 0.4) is 0 Å². The van der Waals surface area contributed by atoms with Crippen molar-refractivity contribution >= 4 is 33.0 Å². The topological polar surface area (TPSA) is 94.9 Å². The van der Waals surface area contributed by atoms with Crippen LogP contribution in [0.1, 0.15) is 20.1 Å². The van der Waals surface area contributed by atoms with Gasteiger partial charge in [-0.3, -0.25) is 4.31 Å². The Labute approximate surface area is 132 Å². The highest BCUT2D eigenvalue weighted by atomic mass is 32.2. The Morgan fingerprint density at radius 1 is 1.32 bits per heavy atom. The first-order valence-electron chi connectivity index (χ1n) is 6.30. The minimum atomic E-state index is -3.86. The van der Waals surface area contributed by atoms with Crippen LogP contribution in [0.4, 0.5) is 5.69 Å². The van der Waals surface area contributed by atoms with Gasteiger partial charge in [-0.2, -0.15) is 0 Å². The SMILES string of the molecule is Cc1sc(C(=O)O)cc1S(=O)(=O)N(C)c1cccc(CO)c1. The summed E-state index contributed by atoms with van der Waals surface area (Å²) in [6.45, 7) is 1.38. The molecule has 1 heterocycles. The number of carbonyl (C=O) groups is 1. The van der Waals surface area contributed by atoms with Crippen LogP contribution in [-0.4, -0.2) is 31.6 Å². The van der Waals surface area contributed by atoms with Gasteiger partial charge < -0.3 is 10.2 Å². The molecule has 1 aromatic heterocycles. The fourth-order valence-corrected chi connectivity index (χ4v) is 4.55. The highest BCUT2D eigenvalue weighted by Crippen LogP contribution is 2.30. The third-order valence-electron chi connectivity index (χ3n) is 3.18. The lowest BCUT2D eigenvalue weighted by Crippen LogP contribution is -2.26. The van der Waals surface area contributed by atoms with Gasteiger partial charge in [0.2, 0.25) is 0 Å². The normalized spacial score (nSPS) is 11.4. The Kier molecular flexibility index (Phi) is 4.55. The van der Waals surface area contributed by atoms with E-state index < -0.39 is 16.0 Å². The fourth-order valence-electron chi connectivity index (χ4n) is 1.96. The van der Waals surface area contributed by atoms with Crippen molar-refractivity contribution in [2.75, 3.05) is 11.4 Å². The molecule has 0 spiro atoms. The van der Waals surface area contributed by atoms with Crippen LogP contribution in [0.2, 0.25) is 0 Å². The van der Waals surface area contributed by atoms with Gasteiger partial charge >= 0.3 is 5.97 Å². The van der Waals surface area contributed by atoms with Crippen molar-refractivity contribution in [1.29, 1.82) is 0 Å². The maximum absolute atomic E-state index is 12.7. The summed E-state index contributed by atoms with van der Waals surface area (Å²) < 4.78 is 26.4. The molecule has 0 fully saturated rings. The number of aromatic carboxylic acids is 1. The predicted octanol–water partition coefficient (Wildman–Crippen LogP) is 2.07. The van der Waals surface area contributed by atoms with Gasteiger partial charge in [-0.15, -0.1) is 11.3 Å². The average Bonchev–Trinajstić information content (AvgIpc) is 2.89. The number of aliphatic hydroxyl groups excluding tert-OH is 1. The second-order valence-corrected chi connectivity index (χ2v) is 7.83. The molecule has 2 rings (SSSR count). The molecule has 8 heteroatoms. The number of hydrogen-bond acceptors (Lipinski definition) is 5. The van der Waals surface area contributed by atoms with Crippen molar-refractivity contribution in [3.05, 3.63) is 45.6 Å². The summed E-state index contributed by atoms with van der Waals surface area (Å²) in [5.41, 5.74) is 0.988. The highest BCUT2D eigenvalue weighted by molar-refractivity contribution is 7.93. The number of carboxylic acids is 1. The second kappa shape index (κ2) is 6.07. The number of sulfonamides is 1. The molecule has 0 amide bonds. The van der Waals surface area contributed by atoms with E-state index in [1.54, 1.807) is 31.2 Å². The molecule has 0 aliphatic carbocycles. The summed E-state index contributed by atoms with van der Waals surface area (Å²) in [5, 5.41) is 18.1. The zero-order valence-corrected chi connectivity index (χ0v) is 13.6. The molecule has 6 nitrogen and oxygen atoms in total. The van der Waals surface area contributed by atoms with E-state index in [9.17, 15) is 13.2 Å². The Balaban J connectivity index is 2.47. The summed E-state index contributed by atoms with van der Waals surface area (Å²) in [4.78, 5) is 11.4. The van der Waals surface area contributed by atoms with E-state index >= 15 is 0 Å². The lowest BCUT2D eigenvalue weighted by molar-refractivity contribution is 0.0702. The van der Waals surface area contributed by atoms with Crippen LogP contribution in [0, 0.1) is 6.92 Å². The monoisotopic (exact) mass is 341 g/mol. The number of benzene rings is 1. The van der Waals surface area contributed by atoms with E-state index in [0.717, 1.165) is 15.6 Å². The van der Waals surface area contributed by atoms with Crippen LogP contribution >= 0.6 is 11.3 Å². The molecule has 0 saturated heterocycles. The summed E-state index contributed by atoms with van der Waals surface area (Å²) in [7, 11) is -2.47. The van der Waals surface area contributed by atoms with Crippen LogP contribution in [0.15, 0.2) is 35.2 Å². The fraction of sp³-hybridized carbons (Fsp3) is 0.214. The lowest BCUT2D eigenvalue weighted by Gasteiger charge is -2.19. The maximum atomic E-state index is 12.7. The molecule has 2 N–H and O–H groups in total. The molecule has 0 atom stereocenters. The minimum absolute atomic E-state index is 0.0198. The number of hydrogen-bond donors (Lipinski definition) is 2. The summed E-state index contributed by atoms with van der Waals surface area (Å²) >= 11 is 0.924. The second-order valence-electron chi connectivity index (χ2n) is 4.64. The van der Waals surface area contributed by atoms with Gasteiger partial charge in [-0.1, -0.05) is 12.1 Å². The zero-order chi connectivity index (χ0) is 16.5. The molecule has 0 saturated carbocycles. The summed E-state index contributed by atoms with van der Waals surface area (Å²) in [6, 6.07) is 7.68. The summed E-state index contributed by atoms with van der Waals surface area (Å²) in [6.07, 6.45) is 0. The average molecular weight is 341 g/mol. The molecular weight excluding hydrogens is 326 g/mol. The first kappa shape index (κ1) is 16.5. The molecule has 1 aromatic carbocycles. The number of nitrogens with zero attached hydrogens (tertiary/aromatic N) is 1. The van der Waals surface area contributed by atoms with Crippen molar-refractivity contribution in [1.82, 2.24) is 0 Å². The van der Waals surface area contributed by atoms with Gasteiger partial charge in [0.15, 0.2) is 0 Å². The number of anilines is 1. The Morgan fingerprint density at radius 2 is 2.00 bits per heavy atom.